The minimum atomic E-state index is 0.886. The van der Waals surface area contributed by atoms with Crippen molar-refractivity contribution in [2.45, 2.75) is 6.54 Å². The molecule has 0 fully saturated rings. The number of rotatable bonds is 2. The first-order valence-corrected chi connectivity index (χ1v) is 4.37. The summed E-state index contributed by atoms with van der Waals surface area (Å²) in [6.45, 7) is 0.886. The van der Waals surface area contributed by atoms with Crippen molar-refractivity contribution in [3.05, 3.63) is 30.0 Å². The first-order valence-electron chi connectivity index (χ1n) is 4.37. The molecular weight excluding hydrogens is 162 g/mol. The monoisotopic (exact) mass is 175 g/mol. The summed E-state index contributed by atoms with van der Waals surface area (Å²) in [5.41, 5.74) is 2.51. The zero-order valence-electron chi connectivity index (χ0n) is 7.91. The number of aromatic nitrogens is 2. The first kappa shape index (κ1) is 8.26. The lowest BCUT2D eigenvalue weighted by Crippen LogP contribution is -2.06. The van der Waals surface area contributed by atoms with Gasteiger partial charge in [0.25, 0.3) is 0 Å². The molecule has 0 atom stereocenters. The van der Waals surface area contributed by atoms with E-state index < -0.39 is 0 Å². The predicted octanol–water partition coefficient (Wildman–Crippen LogP) is 1.29. The summed E-state index contributed by atoms with van der Waals surface area (Å²) < 4.78 is 1.92. The van der Waals surface area contributed by atoms with Crippen LogP contribution in [0.3, 0.4) is 0 Å². The van der Waals surface area contributed by atoms with Gasteiger partial charge < -0.3 is 5.32 Å². The van der Waals surface area contributed by atoms with Crippen molar-refractivity contribution < 1.29 is 0 Å². The van der Waals surface area contributed by atoms with Crippen molar-refractivity contribution in [2.75, 3.05) is 7.05 Å². The molecule has 0 saturated carbocycles. The molecule has 1 aromatic carbocycles. The van der Waals surface area contributed by atoms with Crippen LogP contribution in [0, 0.1) is 0 Å². The number of nitrogens with zero attached hydrogens (tertiary/aromatic N) is 2. The first-order chi connectivity index (χ1) is 6.33. The van der Waals surface area contributed by atoms with Gasteiger partial charge in [-0.2, -0.15) is 5.10 Å². The molecule has 1 heterocycles. The maximum atomic E-state index is 4.23. The van der Waals surface area contributed by atoms with Crippen LogP contribution in [0.2, 0.25) is 0 Å². The van der Waals surface area contributed by atoms with Gasteiger partial charge in [-0.25, -0.2) is 0 Å². The van der Waals surface area contributed by atoms with Crippen LogP contribution in [-0.4, -0.2) is 16.8 Å². The minimum Gasteiger partial charge on any atom is -0.316 e. The Labute approximate surface area is 77.4 Å². The number of aryl methyl sites for hydroxylation is 1. The van der Waals surface area contributed by atoms with Gasteiger partial charge in [-0.3, -0.25) is 4.68 Å². The van der Waals surface area contributed by atoms with Crippen molar-refractivity contribution in [1.82, 2.24) is 15.1 Å². The summed E-state index contributed by atoms with van der Waals surface area (Å²) in [4.78, 5) is 0. The summed E-state index contributed by atoms with van der Waals surface area (Å²) in [6.07, 6.45) is 1.90. The van der Waals surface area contributed by atoms with E-state index in [1.807, 2.05) is 25.0 Å². The van der Waals surface area contributed by atoms with Crippen molar-refractivity contribution >= 4 is 10.9 Å². The zero-order chi connectivity index (χ0) is 9.26. The standard InChI is InChI=1S/C10H13N3/c1-11-6-8-4-3-5-9-7-12-13(2)10(8)9/h3-5,7,11H,6H2,1-2H3. The second-order valence-corrected chi connectivity index (χ2v) is 3.15. The predicted molar refractivity (Wildman–Crippen MR) is 53.5 cm³/mol. The van der Waals surface area contributed by atoms with Crippen molar-refractivity contribution in [3.63, 3.8) is 0 Å². The highest BCUT2D eigenvalue weighted by Gasteiger charge is 2.03. The van der Waals surface area contributed by atoms with Gasteiger partial charge in [0.1, 0.15) is 0 Å². The molecule has 1 N–H and O–H groups in total. The van der Waals surface area contributed by atoms with Crippen LogP contribution >= 0.6 is 0 Å². The molecule has 2 aromatic rings. The molecule has 0 aliphatic rings. The molecule has 0 saturated heterocycles. The maximum Gasteiger partial charge on any atom is 0.0723 e. The second kappa shape index (κ2) is 3.18. The van der Waals surface area contributed by atoms with Crippen LogP contribution in [0.25, 0.3) is 10.9 Å². The van der Waals surface area contributed by atoms with E-state index in [4.69, 9.17) is 0 Å². The number of para-hydroxylation sites is 1. The van der Waals surface area contributed by atoms with E-state index in [0.29, 0.717) is 0 Å². The molecule has 0 aliphatic carbocycles. The highest BCUT2D eigenvalue weighted by atomic mass is 15.2. The summed E-state index contributed by atoms with van der Waals surface area (Å²) in [6, 6.07) is 6.28. The van der Waals surface area contributed by atoms with E-state index in [2.05, 4.69) is 28.6 Å². The molecule has 0 radical (unpaired) electrons. The van der Waals surface area contributed by atoms with Gasteiger partial charge in [-0.15, -0.1) is 0 Å². The third-order valence-corrected chi connectivity index (χ3v) is 2.21. The Hall–Kier alpha value is -1.35. The van der Waals surface area contributed by atoms with Gasteiger partial charge in [-0.05, 0) is 12.6 Å². The highest BCUT2D eigenvalue weighted by molar-refractivity contribution is 5.81. The number of benzene rings is 1. The summed E-state index contributed by atoms with van der Waals surface area (Å²) in [5.74, 6) is 0. The number of fused-ring (bicyclic) bond motifs is 1. The van der Waals surface area contributed by atoms with Gasteiger partial charge in [0.05, 0.1) is 11.7 Å². The molecule has 0 bridgehead atoms. The second-order valence-electron chi connectivity index (χ2n) is 3.15. The maximum absolute atomic E-state index is 4.23. The molecule has 0 spiro atoms. The van der Waals surface area contributed by atoms with Crippen LogP contribution in [-0.2, 0) is 13.6 Å². The van der Waals surface area contributed by atoms with Crippen LogP contribution in [0.4, 0.5) is 0 Å². The van der Waals surface area contributed by atoms with E-state index in [1.165, 1.54) is 16.5 Å². The Bertz CT molecular complexity index is 417. The molecule has 3 heteroatoms. The van der Waals surface area contributed by atoms with Crippen molar-refractivity contribution in [2.24, 2.45) is 7.05 Å². The Kier molecular flexibility index (Phi) is 2.02. The van der Waals surface area contributed by atoms with Crippen molar-refractivity contribution in [1.29, 1.82) is 0 Å². The fourth-order valence-corrected chi connectivity index (χ4v) is 1.65. The van der Waals surface area contributed by atoms with Gasteiger partial charge in [-0.1, -0.05) is 18.2 Å². The lowest BCUT2D eigenvalue weighted by atomic mass is 10.1. The minimum absolute atomic E-state index is 0.886. The summed E-state index contributed by atoms with van der Waals surface area (Å²) >= 11 is 0. The normalized spacial score (nSPS) is 10.9. The number of hydrogen-bond donors (Lipinski definition) is 1. The molecule has 13 heavy (non-hydrogen) atoms. The van der Waals surface area contributed by atoms with Gasteiger partial charge in [0, 0.05) is 19.0 Å². The lowest BCUT2D eigenvalue weighted by molar-refractivity contribution is 0.774. The number of nitrogens with one attached hydrogen (secondary N) is 1. The van der Waals surface area contributed by atoms with E-state index in [-0.39, 0.29) is 0 Å². The van der Waals surface area contributed by atoms with Gasteiger partial charge >= 0.3 is 0 Å². The average Bonchev–Trinajstić information content (AvgIpc) is 2.50. The smallest absolute Gasteiger partial charge is 0.0723 e. The molecule has 68 valence electrons. The highest BCUT2D eigenvalue weighted by Crippen LogP contribution is 2.17. The molecular formula is C10H13N3. The quantitative estimate of drug-likeness (QED) is 0.745. The Morgan fingerprint density at radius 2 is 2.31 bits per heavy atom. The average molecular weight is 175 g/mol. The Balaban J connectivity index is 2.65. The van der Waals surface area contributed by atoms with Crippen LogP contribution in [0.15, 0.2) is 24.4 Å². The van der Waals surface area contributed by atoms with E-state index in [0.717, 1.165) is 6.54 Å². The lowest BCUT2D eigenvalue weighted by Gasteiger charge is -2.03. The molecule has 3 nitrogen and oxygen atoms in total. The van der Waals surface area contributed by atoms with E-state index in [9.17, 15) is 0 Å². The Morgan fingerprint density at radius 1 is 1.46 bits per heavy atom. The zero-order valence-corrected chi connectivity index (χ0v) is 7.91. The van der Waals surface area contributed by atoms with Crippen LogP contribution in [0.5, 0.6) is 0 Å². The van der Waals surface area contributed by atoms with Crippen LogP contribution < -0.4 is 5.32 Å². The third kappa shape index (κ3) is 1.31. The fourth-order valence-electron chi connectivity index (χ4n) is 1.65. The van der Waals surface area contributed by atoms with Gasteiger partial charge in [0.15, 0.2) is 0 Å². The SMILES string of the molecule is CNCc1cccc2cnn(C)c12. The van der Waals surface area contributed by atoms with Gasteiger partial charge in [0.2, 0.25) is 0 Å². The molecule has 1 aromatic heterocycles. The molecule has 0 amide bonds. The van der Waals surface area contributed by atoms with E-state index >= 15 is 0 Å². The topological polar surface area (TPSA) is 29.9 Å². The fraction of sp³-hybridized carbons (Fsp3) is 0.300. The Morgan fingerprint density at radius 3 is 3.08 bits per heavy atom. The molecule has 0 unspecified atom stereocenters. The van der Waals surface area contributed by atoms with Crippen LogP contribution in [0.1, 0.15) is 5.56 Å². The molecule has 2 rings (SSSR count). The van der Waals surface area contributed by atoms with E-state index in [1.54, 1.807) is 0 Å². The molecule has 0 aliphatic heterocycles. The number of hydrogen-bond acceptors (Lipinski definition) is 2. The summed E-state index contributed by atoms with van der Waals surface area (Å²) in [5, 5.41) is 8.58. The third-order valence-electron chi connectivity index (χ3n) is 2.21. The largest absolute Gasteiger partial charge is 0.316 e. The van der Waals surface area contributed by atoms with Crippen molar-refractivity contribution in [3.8, 4) is 0 Å². The summed E-state index contributed by atoms with van der Waals surface area (Å²) in [7, 11) is 3.93.